The van der Waals surface area contributed by atoms with Gasteiger partial charge in [-0.1, -0.05) is 99.6 Å². The molecule has 0 bridgehead atoms. The fraction of sp³-hybridized carbons (Fsp3) is 0.438. The van der Waals surface area contributed by atoms with Crippen LogP contribution in [-0.2, 0) is 6.42 Å². The highest BCUT2D eigenvalue weighted by Gasteiger charge is 2.28. The van der Waals surface area contributed by atoms with E-state index in [2.05, 4.69) is 86.7 Å². The fourth-order valence-electron chi connectivity index (χ4n) is 6.56. The second kappa shape index (κ2) is 9.65. The summed E-state index contributed by atoms with van der Waals surface area (Å²) in [6.45, 7) is 4.75. The zero-order valence-corrected chi connectivity index (χ0v) is 19.9. The first-order chi connectivity index (χ1) is 15.8. The first-order valence-electron chi connectivity index (χ1n) is 13.0. The predicted molar refractivity (Wildman–Crippen MR) is 138 cm³/mol. The highest BCUT2D eigenvalue weighted by Crippen LogP contribution is 2.42. The number of hydrogen-bond acceptors (Lipinski definition) is 0. The largest absolute Gasteiger partial charge is 0.0801 e. The minimum absolute atomic E-state index is 0.438. The predicted octanol–water partition coefficient (Wildman–Crippen LogP) is 8.80. The number of rotatable bonds is 7. The second-order valence-electron chi connectivity index (χ2n) is 10.2. The summed E-state index contributed by atoms with van der Waals surface area (Å²) in [5, 5.41) is 0. The van der Waals surface area contributed by atoms with Crippen LogP contribution >= 0.6 is 0 Å². The Hall–Kier alpha value is -2.34. The molecule has 4 aliphatic carbocycles. The van der Waals surface area contributed by atoms with E-state index in [1.54, 1.807) is 5.56 Å². The molecule has 0 amide bonds. The SMILES string of the molecule is CCC(CC)C1CCC(c2ccc(CC3=CC=C(C4=CCC=C4)C4C=CC=C34)cc2)CC1. The molecule has 1 atom stereocenters. The van der Waals surface area contributed by atoms with Crippen LogP contribution in [0.25, 0.3) is 0 Å². The molecule has 32 heavy (non-hydrogen) atoms. The molecule has 1 aromatic carbocycles. The fourth-order valence-corrected chi connectivity index (χ4v) is 6.56. The van der Waals surface area contributed by atoms with Gasteiger partial charge in [-0.3, -0.25) is 0 Å². The molecule has 0 N–H and O–H groups in total. The molecule has 0 spiro atoms. The molecule has 1 saturated carbocycles. The Morgan fingerprint density at radius 1 is 0.875 bits per heavy atom. The van der Waals surface area contributed by atoms with Gasteiger partial charge in [0, 0.05) is 5.92 Å². The number of fused-ring (bicyclic) bond motifs is 1. The molecule has 4 aliphatic rings. The third-order valence-corrected chi connectivity index (χ3v) is 8.52. The zero-order chi connectivity index (χ0) is 21.9. The van der Waals surface area contributed by atoms with Crippen molar-refractivity contribution < 1.29 is 0 Å². The molecule has 1 fully saturated rings. The molecule has 0 radical (unpaired) electrons. The molecular formula is C32H38. The number of hydrogen-bond donors (Lipinski definition) is 0. The summed E-state index contributed by atoms with van der Waals surface area (Å²) in [7, 11) is 0. The molecule has 166 valence electrons. The van der Waals surface area contributed by atoms with Gasteiger partial charge in [0.05, 0.1) is 0 Å². The van der Waals surface area contributed by atoms with Gasteiger partial charge in [-0.2, -0.15) is 0 Å². The Morgan fingerprint density at radius 2 is 1.66 bits per heavy atom. The van der Waals surface area contributed by atoms with Crippen LogP contribution in [-0.4, -0.2) is 0 Å². The van der Waals surface area contributed by atoms with Crippen molar-refractivity contribution in [2.75, 3.05) is 0 Å². The molecule has 5 rings (SSSR count). The average molecular weight is 423 g/mol. The van der Waals surface area contributed by atoms with Crippen molar-refractivity contribution >= 4 is 0 Å². The van der Waals surface area contributed by atoms with Crippen molar-refractivity contribution in [3.8, 4) is 0 Å². The summed E-state index contributed by atoms with van der Waals surface area (Å²) in [6.07, 6.45) is 29.0. The highest BCUT2D eigenvalue weighted by atomic mass is 14.3. The molecule has 1 unspecified atom stereocenters. The van der Waals surface area contributed by atoms with Crippen molar-refractivity contribution in [2.24, 2.45) is 17.8 Å². The Bertz CT molecular complexity index is 993. The molecule has 0 saturated heterocycles. The quantitative estimate of drug-likeness (QED) is 0.412. The minimum atomic E-state index is 0.438. The summed E-state index contributed by atoms with van der Waals surface area (Å²) in [6, 6.07) is 9.63. The summed E-state index contributed by atoms with van der Waals surface area (Å²) in [5.41, 5.74) is 8.84. The van der Waals surface area contributed by atoms with Gasteiger partial charge in [0.25, 0.3) is 0 Å². The van der Waals surface area contributed by atoms with E-state index in [0.29, 0.717) is 5.92 Å². The average Bonchev–Trinajstić information content (AvgIpc) is 3.54. The van der Waals surface area contributed by atoms with E-state index in [1.807, 2.05) is 0 Å². The molecular weight excluding hydrogens is 384 g/mol. The van der Waals surface area contributed by atoms with Crippen LogP contribution < -0.4 is 0 Å². The van der Waals surface area contributed by atoms with Crippen LogP contribution in [0.2, 0.25) is 0 Å². The smallest absolute Gasteiger partial charge is 0.0281 e. The summed E-state index contributed by atoms with van der Waals surface area (Å²) in [4.78, 5) is 0. The van der Waals surface area contributed by atoms with Gasteiger partial charge in [-0.15, -0.1) is 0 Å². The highest BCUT2D eigenvalue weighted by molar-refractivity contribution is 5.61. The zero-order valence-electron chi connectivity index (χ0n) is 19.9. The Kier molecular flexibility index (Phi) is 6.49. The monoisotopic (exact) mass is 422 g/mol. The maximum atomic E-state index is 2.43. The van der Waals surface area contributed by atoms with Gasteiger partial charge in [0.2, 0.25) is 0 Å². The van der Waals surface area contributed by atoms with Crippen molar-refractivity contribution in [3.05, 3.63) is 106 Å². The number of allylic oxidation sites excluding steroid dienone is 12. The lowest BCUT2D eigenvalue weighted by Gasteiger charge is -2.33. The first kappa shape index (κ1) is 21.5. The molecule has 0 aliphatic heterocycles. The van der Waals surface area contributed by atoms with Crippen LogP contribution in [0.1, 0.15) is 75.8 Å². The van der Waals surface area contributed by atoms with E-state index in [0.717, 1.165) is 30.6 Å². The molecule has 0 heteroatoms. The third-order valence-electron chi connectivity index (χ3n) is 8.52. The topological polar surface area (TPSA) is 0 Å². The lowest BCUT2D eigenvalue weighted by molar-refractivity contribution is 0.221. The summed E-state index contributed by atoms with van der Waals surface area (Å²) in [5.74, 6) is 3.12. The third kappa shape index (κ3) is 4.29. The lowest BCUT2D eigenvalue weighted by atomic mass is 9.72. The lowest BCUT2D eigenvalue weighted by Crippen LogP contribution is -2.20. The summed E-state index contributed by atoms with van der Waals surface area (Å²) >= 11 is 0. The van der Waals surface area contributed by atoms with Crippen molar-refractivity contribution in [3.63, 3.8) is 0 Å². The maximum Gasteiger partial charge on any atom is 0.0281 e. The van der Waals surface area contributed by atoms with Gasteiger partial charge < -0.3 is 0 Å². The summed E-state index contributed by atoms with van der Waals surface area (Å²) < 4.78 is 0. The molecule has 0 aromatic heterocycles. The van der Waals surface area contributed by atoms with E-state index in [4.69, 9.17) is 0 Å². The minimum Gasteiger partial charge on any atom is -0.0801 e. The van der Waals surface area contributed by atoms with Crippen molar-refractivity contribution in [1.29, 1.82) is 0 Å². The standard InChI is InChI=1S/C32H38/c1-3-24(4-2)25-16-18-27(19-17-25)26-14-12-23(13-15-26)22-29-20-21-31(28-8-5-6-9-28)32-11-7-10-30(29)32/h5,7-15,20-21,24-25,27,32H,3-4,6,16-19,22H2,1-2H3. The molecule has 0 heterocycles. The van der Waals surface area contributed by atoms with Gasteiger partial charge in [-0.05, 0) is 89.7 Å². The van der Waals surface area contributed by atoms with Gasteiger partial charge >= 0.3 is 0 Å². The van der Waals surface area contributed by atoms with E-state index in [-0.39, 0.29) is 0 Å². The maximum absolute atomic E-state index is 2.43. The van der Waals surface area contributed by atoms with Gasteiger partial charge in [-0.25, -0.2) is 0 Å². The first-order valence-corrected chi connectivity index (χ1v) is 13.0. The molecule has 1 aromatic rings. The van der Waals surface area contributed by atoms with Crippen LogP contribution in [0.15, 0.2) is 95.2 Å². The Morgan fingerprint density at radius 3 is 2.34 bits per heavy atom. The van der Waals surface area contributed by atoms with Crippen LogP contribution in [0.4, 0.5) is 0 Å². The van der Waals surface area contributed by atoms with Crippen LogP contribution in [0, 0.1) is 17.8 Å². The van der Waals surface area contributed by atoms with E-state index in [1.165, 1.54) is 66.4 Å². The van der Waals surface area contributed by atoms with Crippen LogP contribution in [0.3, 0.4) is 0 Å². The second-order valence-corrected chi connectivity index (χ2v) is 10.2. The normalized spacial score (nSPS) is 26.7. The Balaban J connectivity index is 1.24. The van der Waals surface area contributed by atoms with E-state index < -0.39 is 0 Å². The van der Waals surface area contributed by atoms with Crippen molar-refractivity contribution in [1.82, 2.24) is 0 Å². The van der Waals surface area contributed by atoms with E-state index >= 15 is 0 Å². The number of benzene rings is 1. The van der Waals surface area contributed by atoms with Crippen LogP contribution in [0.5, 0.6) is 0 Å². The van der Waals surface area contributed by atoms with Gasteiger partial charge in [0.1, 0.15) is 0 Å². The Labute approximate surface area is 195 Å². The van der Waals surface area contributed by atoms with Gasteiger partial charge in [0.15, 0.2) is 0 Å². The van der Waals surface area contributed by atoms with Crippen molar-refractivity contribution in [2.45, 2.75) is 71.1 Å². The van der Waals surface area contributed by atoms with E-state index in [9.17, 15) is 0 Å². The molecule has 0 nitrogen and oxygen atoms in total.